The first kappa shape index (κ1) is 10.2. The van der Waals surface area contributed by atoms with Crippen LogP contribution in [0.5, 0.6) is 0 Å². The predicted octanol–water partition coefficient (Wildman–Crippen LogP) is 0.632. The molecule has 2 rings (SSSR count). The molecular formula is C10H15N3O2. The van der Waals surface area contributed by atoms with Gasteiger partial charge >= 0.3 is 5.97 Å². The first-order chi connectivity index (χ1) is 7.13. The van der Waals surface area contributed by atoms with Crippen molar-refractivity contribution in [1.29, 1.82) is 0 Å². The van der Waals surface area contributed by atoms with E-state index >= 15 is 0 Å². The van der Waals surface area contributed by atoms with Gasteiger partial charge in [0.25, 0.3) is 0 Å². The molecule has 0 saturated heterocycles. The lowest BCUT2D eigenvalue weighted by Crippen LogP contribution is -2.24. The zero-order valence-corrected chi connectivity index (χ0v) is 8.91. The summed E-state index contributed by atoms with van der Waals surface area (Å²) in [6.45, 7) is 2.13. The topological polar surface area (TPSA) is 81.0 Å². The summed E-state index contributed by atoms with van der Waals surface area (Å²) in [7, 11) is 1.32. The molecule has 2 atom stereocenters. The maximum absolute atomic E-state index is 11.2. The molecule has 15 heavy (non-hydrogen) atoms. The predicted molar refractivity (Wildman–Crippen MR) is 54.3 cm³/mol. The molecule has 3 N–H and O–H groups in total. The molecule has 1 aromatic rings. The molecular weight excluding hydrogens is 194 g/mol. The number of aryl methyl sites for hydroxylation is 1. The van der Waals surface area contributed by atoms with Crippen molar-refractivity contribution < 1.29 is 9.53 Å². The molecule has 0 bridgehead atoms. The SMILES string of the molecule is COC(=O)[C@@H](N)c1nc2c([nH]1)CCC2C. The molecule has 0 radical (unpaired) electrons. The summed E-state index contributed by atoms with van der Waals surface area (Å²) in [5, 5.41) is 0. The largest absolute Gasteiger partial charge is 0.468 e. The van der Waals surface area contributed by atoms with Gasteiger partial charge in [0.2, 0.25) is 0 Å². The summed E-state index contributed by atoms with van der Waals surface area (Å²) in [6, 6.07) is -0.798. The number of H-pyrrole nitrogens is 1. The molecule has 5 heteroatoms. The number of imidazole rings is 1. The van der Waals surface area contributed by atoms with Gasteiger partial charge in [0.05, 0.1) is 12.8 Å². The second kappa shape index (κ2) is 3.66. The number of carbonyl (C=O) groups excluding carboxylic acids is 1. The van der Waals surface area contributed by atoms with E-state index in [1.807, 2.05) is 0 Å². The Kier molecular flexibility index (Phi) is 2.48. The number of aromatic nitrogens is 2. The normalized spacial score (nSPS) is 21.1. The first-order valence-electron chi connectivity index (χ1n) is 5.05. The molecule has 0 amide bonds. The van der Waals surface area contributed by atoms with Crippen LogP contribution in [-0.4, -0.2) is 23.0 Å². The van der Waals surface area contributed by atoms with Crippen molar-refractivity contribution in [2.45, 2.75) is 31.7 Å². The molecule has 0 spiro atoms. The number of fused-ring (bicyclic) bond motifs is 1. The highest BCUT2D eigenvalue weighted by Crippen LogP contribution is 2.31. The fraction of sp³-hybridized carbons (Fsp3) is 0.600. The maximum Gasteiger partial charge on any atom is 0.330 e. The molecule has 82 valence electrons. The minimum absolute atomic E-state index is 0.454. The van der Waals surface area contributed by atoms with Gasteiger partial charge in [-0.05, 0) is 12.8 Å². The lowest BCUT2D eigenvalue weighted by molar-refractivity contribution is -0.142. The molecule has 5 nitrogen and oxygen atoms in total. The van der Waals surface area contributed by atoms with E-state index in [2.05, 4.69) is 21.6 Å². The summed E-state index contributed by atoms with van der Waals surface area (Å²) in [4.78, 5) is 18.7. The summed E-state index contributed by atoms with van der Waals surface area (Å²) in [5.41, 5.74) is 7.84. The summed E-state index contributed by atoms with van der Waals surface area (Å²) in [5.74, 6) is 0.503. The number of carbonyl (C=O) groups is 1. The number of hydrogen-bond donors (Lipinski definition) is 2. The Morgan fingerprint density at radius 1 is 1.73 bits per heavy atom. The summed E-state index contributed by atoms with van der Waals surface area (Å²) >= 11 is 0. The minimum Gasteiger partial charge on any atom is -0.468 e. The van der Waals surface area contributed by atoms with Gasteiger partial charge in [-0.1, -0.05) is 6.92 Å². The van der Waals surface area contributed by atoms with Crippen molar-refractivity contribution in [3.8, 4) is 0 Å². The van der Waals surface area contributed by atoms with Crippen molar-refractivity contribution in [1.82, 2.24) is 9.97 Å². The van der Waals surface area contributed by atoms with Gasteiger partial charge < -0.3 is 15.5 Å². The Balaban J connectivity index is 2.24. The van der Waals surface area contributed by atoms with E-state index in [1.165, 1.54) is 7.11 Å². The fourth-order valence-corrected chi connectivity index (χ4v) is 1.93. The van der Waals surface area contributed by atoms with Crippen molar-refractivity contribution in [3.05, 3.63) is 17.2 Å². The van der Waals surface area contributed by atoms with E-state index in [0.29, 0.717) is 11.7 Å². The van der Waals surface area contributed by atoms with E-state index in [4.69, 9.17) is 5.73 Å². The molecule has 1 aromatic heterocycles. The Labute approximate surface area is 88.0 Å². The van der Waals surface area contributed by atoms with Crippen molar-refractivity contribution in [2.24, 2.45) is 5.73 Å². The minimum atomic E-state index is -0.798. The van der Waals surface area contributed by atoms with Crippen LogP contribution >= 0.6 is 0 Å². The highest BCUT2D eigenvalue weighted by atomic mass is 16.5. The number of aromatic amines is 1. The van der Waals surface area contributed by atoms with Crippen LogP contribution in [-0.2, 0) is 16.0 Å². The number of esters is 1. The van der Waals surface area contributed by atoms with Gasteiger partial charge in [-0.2, -0.15) is 0 Å². The van der Waals surface area contributed by atoms with Crippen LogP contribution < -0.4 is 5.73 Å². The highest BCUT2D eigenvalue weighted by Gasteiger charge is 2.27. The van der Waals surface area contributed by atoms with Gasteiger partial charge in [-0.3, -0.25) is 0 Å². The maximum atomic E-state index is 11.2. The number of nitrogens with one attached hydrogen (secondary N) is 1. The highest BCUT2D eigenvalue weighted by molar-refractivity contribution is 5.76. The van der Waals surface area contributed by atoms with Crippen LogP contribution in [0, 0.1) is 0 Å². The van der Waals surface area contributed by atoms with Crippen molar-refractivity contribution >= 4 is 5.97 Å². The lowest BCUT2D eigenvalue weighted by atomic mass is 10.1. The second-order valence-electron chi connectivity index (χ2n) is 3.93. The van der Waals surface area contributed by atoms with Crippen LogP contribution in [0.1, 0.15) is 42.5 Å². The van der Waals surface area contributed by atoms with E-state index in [-0.39, 0.29) is 0 Å². The first-order valence-corrected chi connectivity index (χ1v) is 5.05. The zero-order chi connectivity index (χ0) is 11.0. The molecule has 0 aromatic carbocycles. The van der Waals surface area contributed by atoms with Gasteiger partial charge in [0, 0.05) is 11.6 Å². The molecule has 1 heterocycles. The quantitative estimate of drug-likeness (QED) is 0.700. The molecule has 1 unspecified atom stereocenters. The monoisotopic (exact) mass is 209 g/mol. The molecule has 0 aliphatic heterocycles. The van der Waals surface area contributed by atoms with E-state index in [9.17, 15) is 4.79 Å². The Bertz CT molecular complexity index is 386. The van der Waals surface area contributed by atoms with Crippen LogP contribution in [0.2, 0.25) is 0 Å². The average Bonchev–Trinajstić information content (AvgIpc) is 2.79. The van der Waals surface area contributed by atoms with Crippen molar-refractivity contribution in [2.75, 3.05) is 7.11 Å². The van der Waals surface area contributed by atoms with Crippen LogP contribution in [0.25, 0.3) is 0 Å². The second-order valence-corrected chi connectivity index (χ2v) is 3.93. The smallest absolute Gasteiger partial charge is 0.330 e. The average molecular weight is 209 g/mol. The number of nitrogens with zero attached hydrogens (tertiary/aromatic N) is 1. The summed E-state index contributed by atoms with van der Waals surface area (Å²) < 4.78 is 4.57. The number of hydrogen-bond acceptors (Lipinski definition) is 4. The van der Waals surface area contributed by atoms with Gasteiger partial charge in [-0.25, -0.2) is 9.78 Å². The van der Waals surface area contributed by atoms with Crippen LogP contribution in [0.4, 0.5) is 0 Å². The number of nitrogens with two attached hydrogens (primary N) is 1. The molecule has 0 fully saturated rings. The lowest BCUT2D eigenvalue weighted by Gasteiger charge is -2.06. The zero-order valence-electron chi connectivity index (χ0n) is 8.91. The number of methoxy groups -OCH3 is 1. The molecule has 1 aliphatic carbocycles. The Morgan fingerprint density at radius 3 is 3.07 bits per heavy atom. The molecule has 1 aliphatic rings. The van der Waals surface area contributed by atoms with E-state index in [1.54, 1.807) is 0 Å². The van der Waals surface area contributed by atoms with Crippen LogP contribution in [0.15, 0.2) is 0 Å². The summed E-state index contributed by atoms with van der Waals surface area (Å²) in [6.07, 6.45) is 2.10. The molecule has 0 saturated carbocycles. The Hall–Kier alpha value is -1.36. The number of ether oxygens (including phenoxy) is 1. The fourth-order valence-electron chi connectivity index (χ4n) is 1.93. The Morgan fingerprint density at radius 2 is 2.47 bits per heavy atom. The van der Waals surface area contributed by atoms with E-state index < -0.39 is 12.0 Å². The number of rotatable bonds is 2. The standard InChI is InChI=1S/C10H15N3O2/c1-5-3-4-6-8(5)13-9(12-6)7(11)10(14)15-2/h5,7H,3-4,11H2,1-2H3,(H,12,13)/t5?,7-/m0/s1. The third-order valence-electron chi connectivity index (χ3n) is 2.87. The third kappa shape index (κ3) is 1.63. The van der Waals surface area contributed by atoms with Crippen LogP contribution in [0.3, 0.4) is 0 Å². The van der Waals surface area contributed by atoms with Gasteiger partial charge in [-0.15, -0.1) is 0 Å². The van der Waals surface area contributed by atoms with Crippen molar-refractivity contribution in [3.63, 3.8) is 0 Å². The van der Waals surface area contributed by atoms with Gasteiger partial charge in [0.15, 0.2) is 6.04 Å². The third-order valence-corrected chi connectivity index (χ3v) is 2.87. The van der Waals surface area contributed by atoms with E-state index in [0.717, 1.165) is 24.2 Å². The van der Waals surface area contributed by atoms with Gasteiger partial charge in [0.1, 0.15) is 5.82 Å².